The summed E-state index contributed by atoms with van der Waals surface area (Å²) in [6, 6.07) is 16.2. The van der Waals surface area contributed by atoms with E-state index < -0.39 is 23.5 Å². The van der Waals surface area contributed by atoms with Crippen molar-refractivity contribution in [2.75, 3.05) is 19.0 Å². The first-order valence-corrected chi connectivity index (χ1v) is 12.4. The molecule has 0 aliphatic heterocycles. The highest BCUT2D eigenvalue weighted by Crippen LogP contribution is 2.44. The van der Waals surface area contributed by atoms with Crippen LogP contribution in [0, 0.1) is 0 Å². The lowest BCUT2D eigenvalue weighted by Crippen LogP contribution is -2.53. The van der Waals surface area contributed by atoms with Crippen LogP contribution >= 0.6 is 11.3 Å². The van der Waals surface area contributed by atoms with Crippen molar-refractivity contribution in [3.8, 4) is 11.1 Å². The van der Waals surface area contributed by atoms with Gasteiger partial charge in [0.2, 0.25) is 0 Å². The van der Waals surface area contributed by atoms with Crippen molar-refractivity contribution in [2.45, 2.75) is 37.1 Å². The molecule has 0 radical (unpaired) electrons. The van der Waals surface area contributed by atoms with E-state index in [1.807, 2.05) is 36.4 Å². The van der Waals surface area contributed by atoms with Gasteiger partial charge in [-0.25, -0.2) is 14.6 Å². The zero-order valence-corrected chi connectivity index (χ0v) is 20.0. The number of fused-ring (bicyclic) bond motifs is 3. The van der Waals surface area contributed by atoms with Crippen LogP contribution < -0.4 is 5.32 Å². The number of amides is 2. The molecule has 1 saturated carbocycles. The highest BCUT2D eigenvalue weighted by atomic mass is 32.1. The molecule has 1 heterocycles. The van der Waals surface area contributed by atoms with E-state index in [-0.39, 0.29) is 23.4 Å². The van der Waals surface area contributed by atoms with Gasteiger partial charge in [-0.15, -0.1) is 11.3 Å². The molecule has 5 rings (SSSR count). The normalized spacial score (nSPS) is 15.8. The SMILES string of the molecule is CN(C(=O)c1csc(NC(=O)OCC2c3ccccc3-c3ccccc32)n1)C1(C(=O)O)CCCC1. The molecule has 0 atom stereocenters. The highest BCUT2D eigenvalue weighted by Gasteiger charge is 2.47. The van der Waals surface area contributed by atoms with Gasteiger partial charge in [0.05, 0.1) is 0 Å². The number of carbonyl (C=O) groups is 3. The predicted molar refractivity (Wildman–Crippen MR) is 132 cm³/mol. The van der Waals surface area contributed by atoms with Gasteiger partial charge < -0.3 is 14.7 Å². The molecular formula is C26H25N3O5S. The maximum Gasteiger partial charge on any atom is 0.413 e. The molecule has 3 aromatic rings. The van der Waals surface area contributed by atoms with Gasteiger partial charge in [-0.1, -0.05) is 61.4 Å². The van der Waals surface area contributed by atoms with E-state index in [2.05, 4.69) is 22.4 Å². The Morgan fingerprint density at radius 3 is 2.29 bits per heavy atom. The lowest BCUT2D eigenvalue weighted by Gasteiger charge is -2.34. The highest BCUT2D eigenvalue weighted by molar-refractivity contribution is 7.14. The van der Waals surface area contributed by atoms with Crippen LogP contribution in [0.4, 0.5) is 9.93 Å². The van der Waals surface area contributed by atoms with Crippen LogP contribution in [0.15, 0.2) is 53.9 Å². The van der Waals surface area contributed by atoms with Crippen LogP contribution in [-0.2, 0) is 9.53 Å². The Bertz CT molecular complexity index is 1250. The Kier molecular flexibility index (Phi) is 6.02. The summed E-state index contributed by atoms with van der Waals surface area (Å²) >= 11 is 1.09. The van der Waals surface area contributed by atoms with E-state index in [9.17, 15) is 19.5 Å². The van der Waals surface area contributed by atoms with Gasteiger partial charge >= 0.3 is 12.1 Å². The number of nitrogens with one attached hydrogen (secondary N) is 1. The number of thiazole rings is 1. The van der Waals surface area contributed by atoms with Gasteiger partial charge in [0, 0.05) is 18.3 Å². The molecule has 2 N–H and O–H groups in total. The summed E-state index contributed by atoms with van der Waals surface area (Å²) in [5.74, 6) is -1.54. The number of likely N-dealkylation sites (N-methyl/N-ethyl adjacent to an activating group) is 1. The van der Waals surface area contributed by atoms with Crippen molar-refractivity contribution < 1.29 is 24.2 Å². The average Bonchev–Trinajstić information content (AvgIpc) is 3.60. The number of carboxylic acids is 1. The fraction of sp³-hybridized carbons (Fsp3) is 0.308. The fourth-order valence-electron chi connectivity index (χ4n) is 5.17. The molecule has 35 heavy (non-hydrogen) atoms. The first kappa shape index (κ1) is 23.0. The van der Waals surface area contributed by atoms with Crippen molar-refractivity contribution >= 4 is 34.4 Å². The fourth-order valence-corrected chi connectivity index (χ4v) is 5.84. The number of anilines is 1. The minimum Gasteiger partial charge on any atom is -0.479 e. The van der Waals surface area contributed by atoms with E-state index in [1.165, 1.54) is 17.3 Å². The van der Waals surface area contributed by atoms with E-state index in [1.54, 1.807) is 0 Å². The van der Waals surface area contributed by atoms with Crippen LogP contribution in [0.1, 0.15) is 53.2 Å². The molecule has 8 nitrogen and oxygen atoms in total. The first-order valence-electron chi connectivity index (χ1n) is 11.5. The van der Waals surface area contributed by atoms with E-state index in [4.69, 9.17) is 4.74 Å². The van der Waals surface area contributed by atoms with Crippen molar-refractivity contribution in [1.29, 1.82) is 0 Å². The Labute approximate surface area is 206 Å². The van der Waals surface area contributed by atoms with Crippen molar-refractivity contribution in [1.82, 2.24) is 9.88 Å². The monoisotopic (exact) mass is 491 g/mol. The van der Waals surface area contributed by atoms with Gasteiger partial charge in [-0.3, -0.25) is 10.1 Å². The average molecular weight is 492 g/mol. The molecule has 180 valence electrons. The molecule has 0 saturated heterocycles. The van der Waals surface area contributed by atoms with Gasteiger partial charge in [-0.2, -0.15) is 0 Å². The smallest absolute Gasteiger partial charge is 0.413 e. The second kappa shape index (κ2) is 9.14. The number of hydrogen-bond acceptors (Lipinski definition) is 6. The lowest BCUT2D eigenvalue weighted by molar-refractivity contribution is -0.148. The molecule has 0 unspecified atom stereocenters. The van der Waals surface area contributed by atoms with Crippen molar-refractivity contribution in [3.05, 3.63) is 70.7 Å². The Morgan fingerprint density at radius 1 is 1.09 bits per heavy atom. The summed E-state index contributed by atoms with van der Waals surface area (Å²) in [5.41, 5.74) is 3.41. The van der Waals surface area contributed by atoms with Crippen LogP contribution in [-0.4, -0.2) is 52.2 Å². The summed E-state index contributed by atoms with van der Waals surface area (Å²) in [6.07, 6.45) is 1.69. The number of carboxylic acid groups (broad SMARTS) is 1. The molecule has 2 amide bonds. The molecule has 2 aliphatic rings. The summed E-state index contributed by atoms with van der Waals surface area (Å²) < 4.78 is 5.53. The molecule has 9 heteroatoms. The zero-order valence-electron chi connectivity index (χ0n) is 19.2. The molecule has 0 spiro atoms. The van der Waals surface area contributed by atoms with Crippen LogP contribution in [0.25, 0.3) is 11.1 Å². The quantitative estimate of drug-likeness (QED) is 0.504. The minimum absolute atomic E-state index is 0.0612. The van der Waals surface area contributed by atoms with Crippen molar-refractivity contribution in [2.24, 2.45) is 0 Å². The molecule has 2 aromatic carbocycles. The topological polar surface area (TPSA) is 109 Å². The third kappa shape index (κ3) is 4.05. The number of aromatic nitrogens is 1. The van der Waals surface area contributed by atoms with E-state index in [0.29, 0.717) is 12.8 Å². The summed E-state index contributed by atoms with van der Waals surface area (Å²) in [6.45, 7) is 0.168. The third-order valence-electron chi connectivity index (χ3n) is 7.05. The van der Waals surface area contributed by atoms with Crippen molar-refractivity contribution in [3.63, 3.8) is 0 Å². The maximum absolute atomic E-state index is 12.9. The zero-order chi connectivity index (χ0) is 24.6. The van der Waals surface area contributed by atoms with Gasteiger partial charge in [0.15, 0.2) is 5.13 Å². The standard InChI is InChI=1S/C26H25N3O5S/c1-29(26(23(31)32)12-6-7-13-26)22(30)21-15-35-24(27-21)28-25(33)34-14-20-18-10-4-2-8-16(18)17-9-3-5-11-19(17)20/h2-5,8-11,15,20H,6-7,12-14H2,1H3,(H,31,32)(H,27,28,33). The third-order valence-corrected chi connectivity index (χ3v) is 7.81. The number of hydrogen-bond donors (Lipinski definition) is 2. The lowest BCUT2D eigenvalue weighted by atomic mass is 9.95. The van der Waals surface area contributed by atoms with E-state index >= 15 is 0 Å². The number of ether oxygens (including phenoxy) is 1. The largest absolute Gasteiger partial charge is 0.479 e. The molecule has 1 aromatic heterocycles. The van der Waals surface area contributed by atoms with Crippen LogP contribution in [0.2, 0.25) is 0 Å². The number of rotatable bonds is 6. The summed E-state index contributed by atoms with van der Waals surface area (Å²) in [5, 5.41) is 14.1. The Morgan fingerprint density at radius 2 is 1.69 bits per heavy atom. The molecule has 2 aliphatic carbocycles. The minimum atomic E-state index is -1.21. The number of nitrogens with zero attached hydrogens (tertiary/aromatic N) is 2. The first-order chi connectivity index (χ1) is 16.9. The number of carbonyl (C=O) groups excluding carboxylic acids is 2. The molecule has 0 bridgehead atoms. The Hall–Kier alpha value is -3.72. The molecule has 1 fully saturated rings. The molecular weight excluding hydrogens is 466 g/mol. The number of aliphatic carboxylic acids is 1. The van der Waals surface area contributed by atoms with Gasteiger partial charge in [0.25, 0.3) is 5.91 Å². The van der Waals surface area contributed by atoms with Crippen LogP contribution in [0.5, 0.6) is 0 Å². The van der Waals surface area contributed by atoms with Gasteiger partial charge in [0.1, 0.15) is 17.8 Å². The second-order valence-corrected chi connectivity index (χ2v) is 9.75. The summed E-state index contributed by atoms with van der Waals surface area (Å²) in [7, 11) is 1.50. The second-order valence-electron chi connectivity index (χ2n) is 8.90. The maximum atomic E-state index is 12.9. The van der Waals surface area contributed by atoms with E-state index in [0.717, 1.165) is 46.4 Å². The van der Waals surface area contributed by atoms with Crippen LogP contribution in [0.3, 0.4) is 0 Å². The summed E-state index contributed by atoms with van der Waals surface area (Å²) in [4.78, 5) is 42.8. The predicted octanol–water partition coefficient (Wildman–Crippen LogP) is 4.97. The Balaban J connectivity index is 1.23. The van der Waals surface area contributed by atoms with Gasteiger partial charge in [-0.05, 0) is 35.1 Å². The number of benzene rings is 2.